The first-order chi connectivity index (χ1) is 21.7. The summed E-state index contributed by atoms with van der Waals surface area (Å²) in [7, 11) is 5.61. The van der Waals surface area contributed by atoms with Crippen LogP contribution in [0.15, 0.2) is 84.2 Å². The number of anilines is 2. The van der Waals surface area contributed by atoms with Crippen LogP contribution in [0.5, 0.6) is 5.75 Å². The monoisotopic (exact) mass is 611 g/mol. The minimum atomic E-state index is -1.02. The Morgan fingerprint density at radius 1 is 1.02 bits per heavy atom. The summed E-state index contributed by atoms with van der Waals surface area (Å²) in [6.07, 6.45) is 7.64. The molecule has 0 saturated heterocycles. The van der Waals surface area contributed by atoms with Crippen LogP contribution >= 0.6 is 0 Å². The first kappa shape index (κ1) is 31.0. The Labute approximate surface area is 258 Å². The quantitative estimate of drug-likeness (QED) is 0.220. The summed E-state index contributed by atoms with van der Waals surface area (Å²) in [5.74, 6) is -1.63. The van der Waals surface area contributed by atoms with Crippen LogP contribution in [0.2, 0.25) is 0 Å². The number of amides is 1. The SMILES string of the molecule is COc1cc(C=CCNC(=O)c2cncn(Cc3ccc(F)c(F)c3)c2=O)cc2cnc(Nc3ccc(CN(C)C)cc3)nc12. The van der Waals surface area contributed by atoms with Gasteiger partial charge in [0.2, 0.25) is 5.95 Å². The highest BCUT2D eigenvalue weighted by Crippen LogP contribution is 2.28. The highest BCUT2D eigenvalue weighted by molar-refractivity contribution is 5.93. The lowest BCUT2D eigenvalue weighted by Crippen LogP contribution is -2.33. The Bertz CT molecular complexity index is 1930. The Morgan fingerprint density at radius 3 is 2.53 bits per heavy atom. The van der Waals surface area contributed by atoms with Crippen molar-refractivity contribution in [2.24, 2.45) is 0 Å². The molecule has 0 radical (unpaired) electrons. The molecular formula is C33H31F2N7O3. The van der Waals surface area contributed by atoms with E-state index in [2.05, 4.69) is 42.6 Å². The first-order valence-corrected chi connectivity index (χ1v) is 14.0. The van der Waals surface area contributed by atoms with Crippen LogP contribution in [-0.2, 0) is 13.1 Å². The number of nitrogens with zero attached hydrogens (tertiary/aromatic N) is 5. The molecule has 1 amide bonds. The first-order valence-electron chi connectivity index (χ1n) is 14.0. The van der Waals surface area contributed by atoms with Crippen LogP contribution in [0, 0.1) is 11.6 Å². The lowest BCUT2D eigenvalue weighted by Gasteiger charge is -2.11. The van der Waals surface area contributed by atoms with Gasteiger partial charge in [0.25, 0.3) is 11.5 Å². The van der Waals surface area contributed by atoms with Crippen molar-refractivity contribution in [2.45, 2.75) is 13.1 Å². The van der Waals surface area contributed by atoms with E-state index in [9.17, 15) is 18.4 Å². The van der Waals surface area contributed by atoms with E-state index in [4.69, 9.17) is 4.74 Å². The molecule has 230 valence electrons. The Balaban J connectivity index is 1.23. The summed E-state index contributed by atoms with van der Waals surface area (Å²) >= 11 is 0. The van der Waals surface area contributed by atoms with Gasteiger partial charge in [0.15, 0.2) is 11.6 Å². The zero-order valence-electron chi connectivity index (χ0n) is 24.9. The molecule has 0 aliphatic carbocycles. The van der Waals surface area contributed by atoms with E-state index in [0.717, 1.165) is 39.9 Å². The van der Waals surface area contributed by atoms with Crippen molar-refractivity contribution >= 4 is 34.5 Å². The molecule has 0 aliphatic rings. The Morgan fingerprint density at radius 2 is 1.80 bits per heavy atom. The number of benzene rings is 3. The number of aromatic nitrogens is 4. The third-order valence-corrected chi connectivity index (χ3v) is 6.77. The van der Waals surface area contributed by atoms with Gasteiger partial charge in [-0.3, -0.25) is 14.2 Å². The second-order valence-corrected chi connectivity index (χ2v) is 10.5. The van der Waals surface area contributed by atoms with Crippen LogP contribution in [0.25, 0.3) is 17.0 Å². The van der Waals surface area contributed by atoms with Crippen LogP contribution in [0.3, 0.4) is 0 Å². The Hall–Kier alpha value is -5.49. The van der Waals surface area contributed by atoms with Gasteiger partial charge in [-0.25, -0.2) is 23.7 Å². The number of carbonyl (C=O) groups excluding carboxylic acids is 1. The number of fused-ring (bicyclic) bond motifs is 1. The van der Waals surface area contributed by atoms with Crippen LogP contribution in [-0.4, -0.2) is 58.1 Å². The van der Waals surface area contributed by atoms with Gasteiger partial charge in [-0.2, -0.15) is 0 Å². The second-order valence-electron chi connectivity index (χ2n) is 10.5. The largest absolute Gasteiger partial charge is 0.494 e. The lowest BCUT2D eigenvalue weighted by atomic mass is 10.1. The highest BCUT2D eigenvalue weighted by Gasteiger charge is 2.13. The van der Waals surface area contributed by atoms with E-state index in [1.165, 1.54) is 24.2 Å². The van der Waals surface area contributed by atoms with Gasteiger partial charge in [0.05, 0.1) is 20.0 Å². The molecule has 0 saturated carbocycles. The van der Waals surface area contributed by atoms with Crippen molar-refractivity contribution in [2.75, 3.05) is 33.1 Å². The third-order valence-electron chi connectivity index (χ3n) is 6.77. The van der Waals surface area contributed by atoms with E-state index in [1.807, 2.05) is 38.4 Å². The van der Waals surface area contributed by atoms with Crippen LogP contribution in [0.4, 0.5) is 20.4 Å². The van der Waals surface area contributed by atoms with E-state index in [0.29, 0.717) is 22.8 Å². The predicted molar refractivity (Wildman–Crippen MR) is 169 cm³/mol. The number of methoxy groups -OCH3 is 1. The van der Waals surface area contributed by atoms with E-state index < -0.39 is 23.1 Å². The molecule has 0 unspecified atom stereocenters. The number of carbonyl (C=O) groups is 1. The molecule has 5 aromatic rings. The third kappa shape index (κ3) is 7.73. The van der Waals surface area contributed by atoms with Crippen molar-refractivity contribution in [3.05, 3.63) is 124 Å². The molecule has 3 aromatic carbocycles. The number of hydrogen-bond donors (Lipinski definition) is 2. The second kappa shape index (κ2) is 13.9. The fourth-order valence-corrected chi connectivity index (χ4v) is 4.63. The normalized spacial score (nSPS) is 11.3. The summed E-state index contributed by atoms with van der Waals surface area (Å²) in [6.45, 7) is 0.908. The van der Waals surface area contributed by atoms with Gasteiger partial charge in [-0.15, -0.1) is 0 Å². The van der Waals surface area contributed by atoms with E-state index in [-0.39, 0.29) is 18.7 Å². The predicted octanol–water partition coefficient (Wildman–Crippen LogP) is 4.77. The number of hydrogen-bond acceptors (Lipinski definition) is 8. The minimum Gasteiger partial charge on any atom is -0.494 e. The molecular weight excluding hydrogens is 580 g/mol. The van der Waals surface area contributed by atoms with Gasteiger partial charge in [-0.05, 0) is 67.2 Å². The molecule has 0 aliphatic heterocycles. The summed E-state index contributed by atoms with van der Waals surface area (Å²) in [6, 6.07) is 15.1. The maximum Gasteiger partial charge on any atom is 0.266 e. The Kier molecular flexibility index (Phi) is 9.54. The molecule has 45 heavy (non-hydrogen) atoms. The van der Waals surface area contributed by atoms with Gasteiger partial charge < -0.3 is 20.3 Å². The maximum absolute atomic E-state index is 13.6. The summed E-state index contributed by atoms with van der Waals surface area (Å²) in [5.41, 5.74) is 3.08. The molecule has 5 rings (SSSR count). The van der Waals surface area contributed by atoms with Crippen LogP contribution in [0.1, 0.15) is 27.0 Å². The molecule has 0 spiro atoms. The topological polar surface area (TPSA) is 114 Å². The van der Waals surface area contributed by atoms with Crippen molar-refractivity contribution in [3.8, 4) is 5.75 Å². The van der Waals surface area contributed by atoms with E-state index >= 15 is 0 Å². The number of rotatable bonds is 11. The average Bonchev–Trinajstić information content (AvgIpc) is 3.02. The summed E-state index contributed by atoms with van der Waals surface area (Å²) in [5, 5.41) is 6.67. The van der Waals surface area contributed by atoms with Crippen molar-refractivity contribution in [1.82, 2.24) is 29.7 Å². The van der Waals surface area contributed by atoms with Crippen LogP contribution < -0.4 is 20.9 Å². The van der Waals surface area contributed by atoms with Gasteiger partial charge in [0, 0.05) is 36.6 Å². The standard InChI is InChI=1S/C33H31F2N7O3/c1-41(2)18-21-6-9-25(10-7-21)39-33-38-16-24-13-22(15-29(45-3)30(24)40-33)5-4-12-37-31(43)26-17-36-20-42(32(26)44)19-23-8-11-27(34)28(35)14-23/h4-11,13-17,20H,12,18-19H2,1-3H3,(H,37,43)(H,38,39,40). The van der Waals surface area contributed by atoms with Gasteiger partial charge in [-0.1, -0.05) is 30.4 Å². The smallest absolute Gasteiger partial charge is 0.266 e. The van der Waals surface area contributed by atoms with Crippen molar-refractivity contribution < 1.29 is 18.3 Å². The maximum atomic E-state index is 13.6. The molecule has 12 heteroatoms. The molecule has 2 heterocycles. The zero-order chi connectivity index (χ0) is 31.9. The molecule has 0 fully saturated rings. The zero-order valence-corrected chi connectivity index (χ0v) is 24.9. The lowest BCUT2D eigenvalue weighted by molar-refractivity contribution is 0.0955. The molecule has 10 nitrogen and oxygen atoms in total. The van der Waals surface area contributed by atoms with Gasteiger partial charge >= 0.3 is 0 Å². The molecule has 0 bridgehead atoms. The minimum absolute atomic E-state index is 0.0702. The fourth-order valence-electron chi connectivity index (χ4n) is 4.63. The number of ether oxygens (including phenoxy) is 1. The fraction of sp³-hybridized carbons (Fsp3) is 0.182. The van der Waals surface area contributed by atoms with Gasteiger partial charge in [0.1, 0.15) is 16.8 Å². The molecule has 0 atom stereocenters. The molecule has 2 aromatic heterocycles. The highest BCUT2D eigenvalue weighted by atomic mass is 19.2. The molecule has 2 N–H and O–H groups in total. The average molecular weight is 612 g/mol. The summed E-state index contributed by atoms with van der Waals surface area (Å²) < 4.78 is 33.6. The van der Waals surface area contributed by atoms with E-state index in [1.54, 1.807) is 25.5 Å². The number of nitrogens with one attached hydrogen (secondary N) is 2. The number of halogens is 2. The summed E-state index contributed by atoms with van der Waals surface area (Å²) in [4.78, 5) is 40.7. The van der Waals surface area contributed by atoms with Crippen molar-refractivity contribution in [3.63, 3.8) is 0 Å². The van der Waals surface area contributed by atoms with Crippen molar-refractivity contribution in [1.29, 1.82) is 0 Å².